The predicted molar refractivity (Wildman–Crippen MR) is 125 cm³/mol. The molecule has 184 valence electrons. The molecule has 11 nitrogen and oxygen atoms in total. The second-order valence-electron chi connectivity index (χ2n) is 9.37. The Balaban J connectivity index is 2.04. The average Bonchev–Trinajstić information content (AvgIpc) is 3.30. The number of aromatic nitrogens is 2. The molecule has 3 unspecified atom stereocenters. The number of aliphatic hydroxyl groups excluding tert-OH is 1. The number of nitrogens with two attached hydrogens (primary N) is 1. The van der Waals surface area contributed by atoms with Crippen LogP contribution in [0, 0.1) is 12.8 Å². The molecule has 0 aromatic carbocycles. The van der Waals surface area contributed by atoms with Gasteiger partial charge in [-0.25, -0.2) is 15.0 Å². The summed E-state index contributed by atoms with van der Waals surface area (Å²) < 4.78 is 13.3. The van der Waals surface area contributed by atoms with E-state index in [9.17, 15) is 19.5 Å². The van der Waals surface area contributed by atoms with Gasteiger partial charge < -0.3 is 14.6 Å². The summed E-state index contributed by atoms with van der Waals surface area (Å²) in [5, 5.41) is 11.6. The maximum atomic E-state index is 13.3. The van der Waals surface area contributed by atoms with Gasteiger partial charge in [0.2, 0.25) is 0 Å². The largest absolute Gasteiger partial charge is 0.443 e. The van der Waals surface area contributed by atoms with Crippen molar-refractivity contribution in [1.82, 2.24) is 19.6 Å². The second-order valence-corrected chi connectivity index (χ2v) is 10.5. The first-order chi connectivity index (χ1) is 15.4. The number of aliphatic hydroxyl groups is 1. The monoisotopic (exact) mass is 483 g/mol. The number of hydrogen-bond acceptors (Lipinski definition) is 9. The van der Waals surface area contributed by atoms with Crippen molar-refractivity contribution in [3.63, 3.8) is 0 Å². The fourth-order valence-corrected chi connectivity index (χ4v) is 4.98. The van der Waals surface area contributed by atoms with Crippen LogP contribution in [0.1, 0.15) is 50.6 Å². The number of carbonyl (C=O) groups excluding carboxylic acids is 1. The van der Waals surface area contributed by atoms with Crippen molar-refractivity contribution in [1.29, 1.82) is 0 Å². The van der Waals surface area contributed by atoms with Crippen molar-refractivity contribution in [3.05, 3.63) is 31.3 Å². The number of nitrogens with one attached hydrogen (secondary N) is 1. The van der Waals surface area contributed by atoms with E-state index in [2.05, 4.69) is 5.43 Å². The highest BCUT2D eigenvalue weighted by Crippen LogP contribution is 2.41. The zero-order chi connectivity index (χ0) is 24.7. The quantitative estimate of drug-likeness (QED) is 0.376. The Morgan fingerprint density at radius 2 is 2.03 bits per heavy atom. The Bertz CT molecular complexity index is 1150. The van der Waals surface area contributed by atoms with E-state index in [1.165, 1.54) is 15.9 Å². The predicted octanol–water partition coefficient (Wildman–Crippen LogP) is 1.24. The fraction of sp³-hybridized carbons (Fsp3) is 0.667. The Labute approximate surface area is 195 Å². The zero-order valence-corrected chi connectivity index (χ0v) is 20.7. The molecule has 1 aliphatic rings. The molecular weight excluding hydrogens is 450 g/mol. The fourth-order valence-electron chi connectivity index (χ4n) is 3.67. The number of methoxy groups -OCH3 is 1. The summed E-state index contributed by atoms with van der Waals surface area (Å²) >= 11 is 1.25. The summed E-state index contributed by atoms with van der Waals surface area (Å²) in [6, 6.07) is -0.109. The van der Waals surface area contributed by atoms with Crippen LogP contribution in [0.3, 0.4) is 0 Å². The highest BCUT2D eigenvalue weighted by molar-refractivity contribution is 7.18. The van der Waals surface area contributed by atoms with Gasteiger partial charge in [-0.05, 0) is 45.6 Å². The lowest BCUT2D eigenvalue weighted by Crippen LogP contribution is -2.53. The summed E-state index contributed by atoms with van der Waals surface area (Å²) in [7, 11) is 1.55. The number of fused-ring (bicyclic) bond motifs is 1. The first-order valence-electron chi connectivity index (χ1n) is 10.8. The van der Waals surface area contributed by atoms with Crippen molar-refractivity contribution in [2.75, 3.05) is 13.7 Å². The Kier molecular flexibility index (Phi) is 7.34. The third-order valence-electron chi connectivity index (χ3n) is 5.53. The van der Waals surface area contributed by atoms with Crippen LogP contribution in [0.5, 0.6) is 0 Å². The molecular formula is C21H33N5O6S. The average molecular weight is 484 g/mol. The van der Waals surface area contributed by atoms with E-state index in [1.54, 1.807) is 39.4 Å². The van der Waals surface area contributed by atoms with Crippen LogP contribution in [0.4, 0.5) is 4.79 Å². The Hall–Kier alpha value is -2.25. The van der Waals surface area contributed by atoms with Gasteiger partial charge in [-0.15, -0.1) is 11.3 Å². The minimum Gasteiger partial charge on any atom is -0.443 e. The van der Waals surface area contributed by atoms with Crippen LogP contribution in [0.25, 0.3) is 10.2 Å². The number of amides is 1. The van der Waals surface area contributed by atoms with Crippen molar-refractivity contribution < 1.29 is 19.4 Å². The lowest BCUT2D eigenvalue weighted by atomic mass is 10.2. The number of hydrazine groups is 1. The summed E-state index contributed by atoms with van der Waals surface area (Å²) in [6.45, 7) is 9.58. The number of hydrogen-bond donors (Lipinski definition) is 3. The molecule has 0 radical (unpaired) electrons. The SMILES string of the molecule is COCCn1c(=O)n(C2CC2C)c(=O)c2c(C)c(CN(NC(=O)OC(C)(C)C)C(N)O)sc21. The molecule has 3 atom stereocenters. The van der Waals surface area contributed by atoms with Gasteiger partial charge in [-0.1, -0.05) is 6.92 Å². The number of aryl methyl sites for hydroxylation is 1. The van der Waals surface area contributed by atoms with E-state index in [-0.39, 0.29) is 29.8 Å². The molecule has 1 saturated carbocycles. The van der Waals surface area contributed by atoms with Gasteiger partial charge >= 0.3 is 11.8 Å². The number of thiophene rings is 1. The molecule has 0 spiro atoms. The first kappa shape index (κ1) is 25.4. The molecule has 2 heterocycles. The van der Waals surface area contributed by atoms with E-state index in [0.29, 0.717) is 33.8 Å². The summed E-state index contributed by atoms with van der Waals surface area (Å²) in [4.78, 5) is 39.9. The van der Waals surface area contributed by atoms with Gasteiger partial charge in [0.05, 0.1) is 25.1 Å². The zero-order valence-electron chi connectivity index (χ0n) is 19.9. The number of rotatable bonds is 8. The molecule has 12 heteroatoms. The maximum absolute atomic E-state index is 13.3. The topological polar surface area (TPSA) is 141 Å². The Morgan fingerprint density at radius 3 is 2.55 bits per heavy atom. The van der Waals surface area contributed by atoms with E-state index in [1.807, 2.05) is 6.92 Å². The van der Waals surface area contributed by atoms with E-state index >= 15 is 0 Å². The van der Waals surface area contributed by atoms with Gasteiger partial charge in [0, 0.05) is 18.0 Å². The summed E-state index contributed by atoms with van der Waals surface area (Å²) in [5.74, 6) is 0.267. The molecule has 33 heavy (non-hydrogen) atoms. The van der Waals surface area contributed by atoms with Crippen molar-refractivity contribution >= 4 is 27.6 Å². The molecule has 1 amide bonds. The third kappa shape index (κ3) is 5.46. The van der Waals surface area contributed by atoms with E-state index in [0.717, 1.165) is 11.4 Å². The van der Waals surface area contributed by atoms with Crippen LogP contribution in [0.2, 0.25) is 0 Å². The van der Waals surface area contributed by atoms with Crippen LogP contribution in [0.15, 0.2) is 9.59 Å². The molecule has 2 aromatic heterocycles. The first-order valence-corrected chi connectivity index (χ1v) is 11.6. The van der Waals surface area contributed by atoms with Crippen LogP contribution >= 0.6 is 11.3 Å². The van der Waals surface area contributed by atoms with Gasteiger partial charge in [0.1, 0.15) is 10.4 Å². The number of ether oxygens (including phenoxy) is 2. The molecule has 1 fully saturated rings. The normalized spacial score (nSPS) is 19.2. The van der Waals surface area contributed by atoms with Crippen molar-refractivity contribution in [3.8, 4) is 0 Å². The number of nitrogens with zero attached hydrogens (tertiary/aromatic N) is 3. The number of carbonyl (C=O) groups is 1. The van der Waals surface area contributed by atoms with Gasteiger partial charge in [-0.3, -0.25) is 19.7 Å². The molecule has 4 N–H and O–H groups in total. The van der Waals surface area contributed by atoms with Crippen LogP contribution in [-0.4, -0.2) is 51.0 Å². The highest BCUT2D eigenvalue weighted by atomic mass is 32.1. The Morgan fingerprint density at radius 1 is 1.39 bits per heavy atom. The lowest BCUT2D eigenvalue weighted by Gasteiger charge is -2.27. The summed E-state index contributed by atoms with van der Waals surface area (Å²) in [6.07, 6.45) is -1.50. The molecule has 0 bridgehead atoms. The molecule has 0 saturated heterocycles. The summed E-state index contributed by atoms with van der Waals surface area (Å²) in [5.41, 5.74) is 7.37. The van der Waals surface area contributed by atoms with Crippen molar-refractivity contribution in [2.45, 2.75) is 72.1 Å². The van der Waals surface area contributed by atoms with E-state index in [4.69, 9.17) is 15.2 Å². The molecule has 3 rings (SSSR count). The van der Waals surface area contributed by atoms with Gasteiger partial charge in [0.25, 0.3) is 5.56 Å². The van der Waals surface area contributed by atoms with Gasteiger partial charge in [-0.2, -0.15) is 5.01 Å². The van der Waals surface area contributed by atoms with Gasteiger partial charge in [0.15, 0.2) is 6.35 Å². The lowest BCUT2D eigenvalue weighted by molar-refractivity contribution is -0.0428. The minimum atomic E-state index is -1.51. The molecule has 1 aliphatic carbocycles. The van der Waals surface area contributed by atoms with Crippen molar-refractivity contribution in [2.24, 2.45) is 11.7 Å². The van der Waals surface area contributed by atoms with E-state index < -0.39 is 18.0 Å². The van der Waals surface area contributed by atoms with Crippen LogP contribution in [-0.2, 0) is 22.6 Å². The molecule has 0 aliphatic heterocycles. The minimum absolute atomic E-state index is 0.0137. The smallest absolute Gasteiger partial charge is 0.422 e. The third-order valence-corrected chi connectivity index (χ3v) is 6.83. The second kappa shape index (κ2) is 9.55. The standard InChI is InChI=1S/C21H33N5O6S/c1-11-9-13(11)26-16(27)15-12(2)14(33-17(15)24(20(26)30)7-8-31-6)10-25(18(22)28)23-19(29)32-21(3,4)5/h11,13,18,28H,7-10,22H2,1-6H3,(H,23,29). The maximum Gasteiger partial charge on any atom is 0.422 e. The van der Waals surface area contributed by atoms with Crippen LogP contribution < -0.4 is 22.4 Å². The highest BCUT2D eigenvalue weighted by Gasteiger charge is 2.38. The molecule has 2 aromatic rings.